The van der Waals surface area contributed by atoms with Crippen LogP contribution in [0, 0.1) is 5.92 Å². The average molecular weight is 420 g/mol. The SMILES string of the molecule is C=C(O[C@H]1C[C@@H](C)[C@]2(O)CC[C@](C)(/C=C3/OC(=O)C(COC(C)=O)=C31)O2)C1(C)CO1. The molecule has 0 radical (unpaired) electrons. The van der Waals surface area contributed by atoms with Crippen molar-refractivity contribution in [3.8, 4) is 0 Å². The first kappa shape index (κ1) is 21.1. The Hall–Kier alpha value is -2.16. The Morgan fingerprint density at radius 1 is 1.37 bits per heavy atom. The van der Waals surface area contributed by atoms with Crippen molar-refractivity contribution in [3.05, 3.63) is 35.3 Å². The van der Waals surface area contributed by atoms with Crippen LogP contribution in [0.1, 0.15) is 47.0 Å². The minimum absolute atomic E-state index is 0.219. The summed E-state index contributed by atoms with van der Waals surface area (Å²) in [5.74, 6) is -1.99. The molecular formula is C22H28O8. The van der Waals surface area contributed by atoms with Crippen molar-refractivity contribution < 1.29 is 38.4 Å². The Balaban J connectivity index is 1.79. The number of rotatable bonds is 5. The lowest BCUT2D eigenvalue weighted by Gasteiger charge is -2.33. The van der Waals surface area contributed by atoms with Crippen molar-refractivity contribution in [1.29, 1.82) is 0 Å². The van der Waals surface area contributed by atoms with Crippen LogP contribution < -0.4 is 0 Å². The first-order valence-electron chi connectivity index (χ1n) is 10.2. The number of carbonyl (C=O) groups is 2. The van der Waals surface area contributed by atoms with Crippen molar-refractivity contribution in [3.63, 3.8) is 0 Å². The summed E-state index contributed by atoms with van der Waals surface area (Å²) in [5.41, 5.74) is -0.668. The molecule has 0 saturated carbocycles. The lowest BCUT2D eigenvalue weighted by atomic mass is 9.85. The summed E-state index contributed by atoms with van der Waals surface area (Å²) in [7, 11) is 0. The molecule has 0 aromatic carbocycles. The molecule has 2 bridgehead atoms. The van der Waals surface area contributed by atoms with Crippen LogP contribution in [0.15, 0.2) is 35.3 Å². The largest absolute Gasteiger partial charge is 0.487 e. The minimum atomic E-state index is -1.33. The van der Waals surface area contributed by atoms with Gasteiger partial charge in [-0.2, -0.15) is 0 Å². The van der Waals surface area contributed by atoms with Crippen molar-refractivity contribution in [2.75, 3.05) is 13.2 Å². The van der Waals surface area contributed by atoms with Gasteiger partial charge in [0.1, 0.15) is 29.8 Å². The van der Waals surface area contributed by atoms with Crippen LogP contribution in [0.25, 0.3) is 0 Å². The molecule has 30 heavy (non-hydrogen) atoms. The van der Waals surface area contributed by atoms with Gasteiger partial charge < -0.3 is 28.8 Å². The number of hydrogen-bond acceptors (Lipinski definition) is 8. The smallest absolute Gasteiger partial charge is 0.343 e. The monoisotopic (exact) mass is 420 g/mol. The van der Waals surface area contributed by atoms with Crippen molar-refractivity contribution in [2.24, 2.45) is 5.92 Å². The molecule has 0 aliphatic carbocycles. The molecule has 4 heterocycles. The molecule has 4 aliphatic rings. The number of fused-ring (bicyclic) bond motifs is 3. The normalized spacial score (nSPS) is 41.6. The van der Waals surface area contributed by atoms with Gasteiger partial charge >= 0.3 is 11.9 Å². The second-order valence-corrected chi connectivity index (χ2v) is 9.02. The van der Waals surface area contributed by atoms with E-state index in [1.165, 1.54) is 6.92 Å². The first-order valence-corrected chi connectivity index (χ1v) is 10.2. The van der Waals surface area contributed by atoms with E-state index in [2.05, 4.69) is 6.58 Å². The molecule has 0 aromatic heterocycles. The van der Waals surface area contributed by atoms with Gasteiger partial charge in [0.15, 0.2) is 5.79 Å². The zero-order valence-electron chi connectivity index (χ0n) is 17.8. The molecule has 1 N–H and O–H groups in total. The lowest BCUT2D eigenvalue weighted by molar-refractivity contribution is -0.238. The summed E-state index contributed by atoms with van der Waals surface area (Å²) in [6, 6.07) is 0. The number of hydrogen-bond donors (Lipinski definition) is 1. The first-order chi connectivity index (χ1) is 13.9. The predicted molar refractivity (Wildman–Crippen MR) is 104 cm³/mol. The molecule has 2 saturated heterocycles. The van der Waals surface area contributed by atoms with Crippen LogP contribution in [0.5, 0.6) is 0 Å². The van der Waals surface area contributed by atoms with E-state index < -0.39 is 35.0 Å². The Morgan fingerprint density at radius 2 is 2.07 bits per heavy atom. The molecule has 1 unspecified atom stereocenters. The highest BCUT2D eigenvalue weighted by atomic mass is 16.6. The quantitative estimate of drug-likeness (QED) is 0.410. The maximum Gasteiger partial charge on any atom is 0.343 e. The van der Waals surface area contributed by atoms with Crippen molar-refractivity contribution in [2.45, 2.75) is 70.1 Å². The third-order valence-electron chi connectivity index (χ3n) is 6.40. The third kappa shape index (κ3) is 3.68. The maximum atomic E-state index is 12.7. The minimum Gasteiger partial charge on any atom is -0.487 e. The van der Waals surface area contributed by atoms with E-state index in [4.69, 9.17) is 23.7 Å². The zero-order valence-corrected chi connectivity index (χ0v) is 17.8. The Bertz CT molecular complexity index is 866. The zero-order chi connectivity index (χ0) is 21.9. The van der Waals surface area contributed by atoms with Gasteiger partial charge in [-0.15, -0.1) is 0 Å². The summed E-state index contributed by atoms with van der Waals surface area (Å²) in [6.07, 6.45) is 2.43. The van der Waals surface area contributed by atoms with Gasteiger partial charge in [0.25, 0.3) is 0 Å². The Labute approximate surface area is 175 Å². The van der Waals surface area contributed by atoms with Gasteiger partial charge in [-0.25, -0.2) is 4.79 Å². The van der Waals surface area contributed by atoms with E-state index in [1.807, 2.05) is 20.8 Å². The summed E-state index contributed by atoms with van der Waals surface area (Å²) >= 11 is 0. The summed E-state index contributed by atoms with van der Waals surface area (Å²) < 4.78 is 28.4. The van der Waals surface area contributed by atoms with Gasteiger partial charge in [0, 0.05) is 24.8 Å². The summed E-state index contributed by atoms with van der Waals surface area (Å²) in [6.45, 7) is 11.2. The average Bonchev–Trinajstić information content (AvgIpc) is 3.21. The fourth-order valence-corrected chi connectivity index (χ4v) is 4.20. The fraction of sp³-hybridized carbons (Fsp3) is 0.636. The summed E-state index contributed by atoms with van der Waals surface area (Å²) in [4.78, 5) is 24.0. The van der Waals surface area contributed by atoms with Gasteiger partial charge in [0.05, 0.1) is 17.8 Å². The highest BCUT2D eigenvalue weighted by Gasteiger charge is 2.53. The van der Waals surface area contributed by atoms with Gasteiger partial charge in [-0.05, 0) is 32.8 Å². The second-order valence-electron chi connectivity index (χ2n) is 9.02. The molecule has 8 heteroatoms. The maximum absolute atomic E-state index is 12.7. The number of epoxide rings is 1. The molecule has 4 rings (SSSR count). The van der Waals surface area contributed by atoms with E-state index in [-0.39, 0.29) is 18.1 Å². The number of esters is 2. The lowest BCUT2D eigenvalue weighted by Crippen LogP contribution is -2.40. The van der Waals surface area contributed by atoms with Crippen LogP contribution in [0.3, 0.4) is 0 Å². The molecule has 164 valence electrons. The Morgan fingerprint density at radius 3 is 2.70 bits per heavy atom. The molecule has 8 nitrogen and oxygen atoms in total. The van der Waals surface area contributed by atoms with E-state index >= 15 is 0 Å². The molecule has 0 spiro atoms. The molecule has 0 amide bonds. The Kier molecular flexibility index (Phi) is 4.87. The van der Waals surface area contributed by atoms with Crippen molar-refractivity contribution in [1.82, 2.24) is 0 Å². The number of aliphatic hydroxyl groups is 1. The molecule has 5 atom stereocenters. The standard InChI is InChI=1S/C22H28O8/c1-12-8-16(28-13(2)21(5)11-27-21)18-15(10-26-14(3)23)19(24)29-17(18)9-20(4)6-7-22(12,25)30-20/h9,12,16,25H,2,6-8,10-11H2,1,3-5H3/b17-9+/t12-,16+,20-,21?,22+/m1/s1. The third-order valence-corrected chi connectivity index (χ3v) is 6.40. The predicted octanol–water partition coefficient (Wildman–Crippen LogP) is 2.27. The summed E-state index contributed by atoms with van der Waals surface area (Å²) in [5, 5.41) is 11.1. The van der Waals surface area contributed by atoms with Crippen LogP contribution >= 0.6 is 0 Å². The van der Waals surface area contributed by atoms with Gasteiger partial charge in [-0.1, -0.05) is 13.5 Å². The highest BCUT2D eigenvalue weighted by Crippen LogP contribution is 2.48. The van der Waals surface area contributed by atoms with Gasteiger partial charge in [0.2, 0.25) is 0 Å². The van der Waals surface area contributed by atoms with Crippen LogP contribution in [0.4, 0.5) is 0 Å². The van der Waals surface area contributed by atoms with E-state index in [0.717, 1.165) is 0 Å². The molecule has 0 aromatic rings. The molecular weight excluding hydrogens is 392 g/mol. The van der Waals surface area contributed by atoms with E-state index in [1.54, 1.807) is 6.08 Å². The number of ether oxygens (including phenoxy) is 5. The number of carbonyl (C=O) groups excluding carboxylic acids is 2. The highest BCUT2D eigenvalue weighted by molar-refractivity contribution is 5.95. The fourth-order valence-electron chi connectivity index (χ4n) is 4.20. The van der Waals surface area contributed by atoms with E-state index in [9.17, 15) is 14.7 Å². The second kappa shape index (κ2) is 6.93. The van der Waals surface area contributed by atoms with Crippen molar-refractivity contribution >= 4 is 11.9 Å². The van der Waals surface area contributed by atoms with Crippen LogP contribution in [0.2, 0.25) is 0 Å². The van der Waals surface area contributed by atoms with Gasteiger partial charge in [-0.3, -0.25) is 4.79 Å². The van der Waals surface area contributed by atoms with Crippen LogP contribution in [-0.2, 0) is 33.3 Å². The van der Waals surface area contributed by atoms with Crippen LogP contribution in [-0.4, -0.2) is 53.4 Å². The molecule has 2 fully saturated rings. The van der Waals surface area contributed by atoms with E-state index in [0.29, 0.717) is 43.0 Å². The topological polar surface area (TPSA) is 104 Å². The molecule has 4 aliphatic heterocycles.